The Bertz CT molecular complexity index is 1150. The van der Waals surface area contributed by atoms with Crippen molar-refractivity contribution in [1.29, 1.82) is 0 Å². The van der Waals surface area contributed by atoms with Crippen LogP contribution in [0.25, 0.3) is 28.3 Å². The Morgan fingerprint density at radius 3 is 2.79 bits per heavy atom. The van der Waals surface area contributed by atoms with Gasteiger partial charge in [-0.25, -0.2) is 9.97 Å². The van der Waals surface area contributed by atoms with E-state index in [1.165, 1.54) is 0 Å². The summed E-state index contributed by atoms with van der Waals surface area (Å²) in [6.07, 6.45) is 5.65. The second-order valence-electron chi connectivity index (χ2n) is 6.97. The molecule has 0 aliphatic carbocycles. The van der Waals surface area contributed by atoms with Crippen LogP contribution in [0.1, 0.15) is 12.8 Å². The van der Waals surface area contributed by atoms with Crippen LogP contribution in [0.4, 0.5) is 5.95 Å². The Balaban J connectivity index is 1.44. The van der Waals surface area contributed by atoms with Crippen molar-refractivity contribution in [2.45, 2.75) is 18.9 Å². The molecule has 1 aromatic carbocycles. The van der Waals surface area contributed by atoms with Crippen LogP contribution in [-0.2, 0) is 4.74 Å². The summed E-state index contributed by atoms with van der Waals surface area (Å²) >= 11 is 6.12. The zero-order valence-corrected chi connectivity index (χ0v) is 16.4. The van der Waals surface area contributed by atoms with Crippen LogP contribution in [-0.4, -0.2) is 43.8 Å². The molecular weight excluding hydrogens is 388 g/mol. The van der Waals surface area contributed by atoms with Crippen LogP contribution in [0.5, 0.6) is 0 Å². The van der Waals surface area contributed by atoms with E-state index in [0.717, 1.165) is 54.3 Å². The maximum atomic E-state index is 6.12. The Labute approximate surface area is 172 Å². The van der Waals surface area contributed by atoms with E-state index in [2.05, 4.69) is 25.5 Å². The molecule has 7 nitrogen and oxygen atoms in total. The highest BCUT2D eigenvalue weighted by atomic mass is 35.5. The van der Waals surface area contributed by atoms with E-state index < -0.39 is 0 Å². The van der Waals surface area contributed by atoms with Gasteiger partial charge in [0.2, 0.25) is 5.95 Å². The van der Waals surface area contributed by atoms with E-state index in [1.807, 2.05) is 53.1 Å². The number of benzene rings is 1. The molecule has 4 heterocycles. The lowest BCUT2D eigenvalue weighted by molar-refractivity contribution is 0.0903. The number of ether oxygens (including phenoxy) is 1. The fourth-order valence-electron chi connectivity index (χ4n) is 3.49. The molecule has 1 N–H and O–H groups in total. The van der Waals surface area contributed by atoms with Crippen molar-refractivity contribution in [2.24, 2.45) is 0 Å². The summed E-state index contributed by atoms with van der Waals surface area (Å²) < 4.78 is 7.35. The summed E-state index contributed by atoms with van der Waals surface area (Å²) in [5, 5.41) is 12.7. The lowest BCUT2D eigenvalue weighted by Crippen LogP contribution is -2.28. The first kappa shape index (κ1) is 18.0. The van der Waals surface area contributed by atoms with E-state index in [9.17, 15) is 0 Å². The number of nitrogens with one attached hydrogen (secondary N) is 1. The lowest BCUT2D eigenvalue weighted by atomic mass is 10.1. The minimum absolute atomic E-state index is 0.346. The van der Waals surface area contributed by atoms with Gasteiger partial charge in [0.1, 0.15) is 0 Å². The zero-order chi connectivity index (χ0) is 19.6. The second kappa shape index (κ2) is 7.77. The average Bonchev–Trinajstić information content (AvgIpc) is 3.18. The van der Waals surface area contributed by atoms with Crippen LogP contribution in [0.3, 0.4) is 0 Å². The maximum Gasteiger partial charge on any atom is 0.223 e. The molecule has 1 fully saturated rings. The summed E-state index contributed by atoms with van der Waals surface area (Å²) in [5.41, 5.74) is 3.46. The third-order valence-corrected chi connectivity index (χ3v) is 5.23. The molecule has 1 saturated heterocycles. The second-order valence-corrected chi connectivity index (χ2v) is 7.41. The fraction of sp³-hybridized carbons (Fsp3) is 0.238. The van der Waals surface area contributed by atoms with Crippen LogP contribution >= 0.6 is 11.6 Å². The molecule has 4 aromatic rings. The topological polar surface area (TPSA) is 77.2 Å². The molecule has 0 saturated carbocycles. The zero-order valence-electron chi connectivity index (χ0n) is 15.6. The number of halogens is 1. The minimum Gasteiger partial charge on any atom is -0.381 e. The first-order chi connectivity index (χ1) is 14.3. The molecule has 3 aromatic heterocycles. The SMILES string of the molecule is Clc1cccc(-c2nnc3cc(-c4ccnc(NC5CCOCC5)n4)ccn23)c1. The third kappa shape index (κ3) is 3.79. The number of fused-ring (bicyclic) bond motifs is 1. The van der Waals surface area contributed by atoms with Gasteiger partial charge in [-0.05, 0) is 43.2 Å². The summed E-state index contributed by atoms with van der Waals surface area (Å²) in [6.45, 7) is 1.55. The van der Waals surface area contributed by atoms with Crippen molar-refractivity contribution in [1.82, 2.24) is 24.6 Å². The van der Waals surface area contributed by atoms with Gasteiger partial charge in [0.25, 0.3) is 0 Å². The van der Waals surface area contributed by atoms with Crippen molar-refractivity contribution in [3.8, 4) is 22.6 Å². The van der Waals surface area contributed by atoms with E-state index in [1.54, 1.807) is 6.20 Å². The monoisotopic (exact) mass is 406 g/mol. The van der Waals surface area contributed by atoms with E-state index in [0.29, 0.717) is 17.0 Å². The normalized spacial score (nSPS) is 14.9. The fourth-order valence-corrected chi connectivity index (χ4v) is 3.68. The predicted octanol–water partition coefficient (Wildman–Crippen LogP) is 4.10. The molecule has 1 aliphatic rings. The number of pyridine rings is 1. The largest absolute Gasteiger partial charge is 0.381 e. The van der Waals surface area contributed by atoms with Gasteiger partial charge in [-0.3, -0.25) is 4.40 Å². The standard InChI is InChI=1S/C21H19ClN6O/c22-16-3-1-2-15(12-16)20-27-26-19-13-14(5-9-28(19)20)18-4-8-23-21(25-18)24-17-6-10-29-11-7-17/h1-5,8-9,12-13,17H,6-7,10-11H2,(H,23,24,25). The van der Waals surface area contributed by atoms with Crippen molar-refractivity contribution in [3.63, 3.8) is 0 Å². The Hall–Kier alpha value is -3.03. The molecule has 146 valence electrons. The Kier molecular flexibility index (Phi) is 4.83. The molecule has 0 atom stereocenters. The summed E-state index contributed by atoms with van der Waals surface area (Å²) in [4.78, 5) is 9.05. The number of hydrogen-bond acceptors (Lipinski definition) is 6. The Morgan fingerprint density at radius 1 is 1.03 bits per heavy atom. The van der Waals surface area contributed by atoms with E-state index in [-0.39, 0.29) is 0 Å². The average molecular weight is 407 g/mol. The molecule has 0 radical (unpaired) electrons. The molecule has 0 bridgehead atoms. The van der Waals surface area contributed by atoms with Gasteiger partial charge in [-0.2, -0.15) is 0 Å². The molecule has 0 spiro atoms. The molecule has 1 aliphatic heterocycles. The summed E-state index contributed by atoms with van der Waals surface area (Å²) in [7, 11) is 0. The van der Waals surface area contributed by atoms with Gasteiger partial charge in [0.15, 0.2) is 11.5 Å². The molecule has 5 rings (SSSR count). The van der Waals surface area contributed by atoms with Gasteiger partial charge in [-0.1, -0.05) is 23.7 Å². The van der Waals surface area contributed by atoms with Crippen molar-refractivity contribution in [2.75, 3.05) is 18.5 Å². The van der Waals surface area contributed by atoms with Crippen LogP contribution in [0.15, 0.2) is 54.9 Å². The predicted molar refractivity (Wildman–Crippen MR) is 112 cm³/mol. The molecular formula is C21H19ClN6O. The summed E-state index contributed by atoms with van der Waals surface area (Å²) in [5.74, 6) is 1.38. The van der Waals surface area contributed by atoms with Crippen molar-refractivity contribution < 1.29 is 4.74 Å². The number of hydrogen-bond donors (Lipinski definition) is 1. The molecule has 0 unspecified atom stereocenters. The number of rotatable bonds is 4. The Morgan fingerprint density at radius 2 is 1.93 bits per heavy atom. The molecule has 29 heavy (non-hydrogen) atoms. The van der Waals surface area contributed by atoms with Crippen molar-refractivity contribution in [3.05, 3.63) is 59.9 Å². The number of aromatic nitrogens is 5. The smallest absolute Gasteiger partial charge is 0.223 e. The first-order valence-corrected chi connectivity index (χ1v) is 9.92. The number of anilines is 1. The first-order valence-electron chi connectivity index (χ1n) is 9.55. The van der Waals surface area contributed by atoms with Crippen LogP contribution in [0.2, 0.25) is 5.02 Å². The maximum absolute atomic E-state index is 6.12. The third-order valence-electron chi connectivity index (χ3n) is 5.00. The highest BCUT2D eigenvalue weighted by Gasteiger charge is 2.15. The molecule has 0 amide bonds. The van der Waals surface area contributed by atoms with Crippen LogP contribution < -0.4 is 5.32 Å². The van der Waals surface area contributed by atoms with Crippen LogP contribution in [0, 0.1) is 0 Å². The highest BCUT2D eigenvalue weighted by molar-refractivity contribution is 6.30. The van der Waals surface area contributed by atoms with Gasteiger partial charge in [-0.15, -0.1) is 10.2 Å². The quantitative estimate of drug-likeness (QED) is 0.549. The van der Waals surface area contributed by atoms with Gasteiger partial charge in [0, 0.05) is 47.8 Å². The lowest BCUT2D eigenvalue weighted by Gasteiger charge is -2.23. The van der Waals surface area contributed by atoms with E-state index >= 15 is 0 Å². The minimum atomic E-state index is 0.346. The highest BCUT2D eigenvalue weighted by Crippen LogP contribution is 2.25. The van der Waals surface area contributed by atoms with Gasteiger partial charge < -0.3 is 10.1 Å². The van der Waals surface area contributed by atoms with Crippen molar-refractivity contribution >= 4 is 23.2 Å². The van der Waals surface area contributed by atoms with Gasteiger partial charge in [0.05, 0.1) is 5.69 Å². The summed E-state index contributed by atoms with van der Waals surface area (Å²) in [6, 6.07) is 13.8. The van der Waals surface area contributed by atoms with E-state index in [4.69, 9.17) is 16.3 Å². The molecule has 8 heteroatoms. The number of nitrogens with zero attached hydrogens (tertiary/aromatic N) is 5. The van der Waals surface area contributed by atoms with Gasteiger partial charge >= 0.3 is 0 Å².